The SMILES string of the molecule is O=C(NNC(=O)C1CC(=O)N(c2ccccc2Br)C1)c1ccc(COc2ccccc2)o1. The summed E-state index contributed by atoms with van der Waals surface area (Å²) in [6, 6.07) is 19.7. The van der Waals surface area contributed by atoms with Gasteiger partial charge in [-0.25, -0.2) is 0 Å². The van der Waals surface area contributed by atoms with E-state index in [1.807, 2.05) is 48.5 Å². The lowest BCUT2D eigenvalue weighted by Gasteiger charge is -2.18. The number of hydrogen-bond donors (Lipinski definition) is 2. The van der Waals surface area contributed by atoms with E-state index in [1.54, 1.807) is 17.0 Å². The second kappa shape index (κ2) is 9.69. The van der Waals surface area contributed by atoms with Crippen LogP contribution in [0.4, 0.5) is 5.69 Å². The predicted molar refractivity (Wildman–Crippen MR) is 120 cm³/mol. The number of furan rings is 1. The van der Waals surface area contributed by atoms with Crippen molar-refractivity contribution in [3.8, 4) is 5.75 Å². The van der Waals surface area contributed by atoms with Gasteiger partial charge in [-0.1, -0.05) is 30.3 Å². The van der Waals surface area contributed by atoms with E-state index < -0.39 is 17.7 Å². The molecule has 2 heterocycles. The van der Waals surface area contributed by atoms with Gasteiger partial charge in [-0.05, 0) is 52.3 Å². The number of nitrogens with one attached hydrogen (secondary N) is 2. The van der Waals surface area contributed by atoms with Gasteiger partial charge < -0.3 is 14.1 Å². The molecular formula is C23H20BrN3O5. The monoisotopic (exact) mass is 497 g/mol. The van der Waals surface area contributed by atoms with E-state index in [9.17, 15) is 14.4 Å². The third kappa shape index (κ3) is 5.00. The molecule has 2 N–H and O–H groups in total. The third-order valence-corrected chi connectivity index (χ3v) is 5.62. The molecule has 2 aromatic carbocycles. The van der Waals surface area contributed by atoms with Gasteiger partial charge in [0.25, 0.3) is 0 Å². The highest BCUT2D eigenvalue weighted by atomic mass is 79.9. The second-order valence-corrected chi connectivity index (χ2v) is 8.02. The Morgan fingerprint density at radius 3 is 2.56 bits per heavy atom. The molecule has 1 aliphatic heterocycles. The van der Waals surface area contributed by atoms with Crippen LogP contribution in [0.1, 0.15) is 22.7 Å². The summed E-state index contributed by atoms with van der Waals surface area (Å²) in [5, 5.41) is 0. The number of anilines is 1. The molecule has 9 heteroatoms. The van der Waals surface area contributed by atoms with Gasteiger partial charge in [0.05, 0.1) is 11.6 Å². The lowest BCUT2D eigenvalue weighted by molar-refractivity contribution is -0.126. The molecule has 32 heavy (non-hydrogen) atoms. The van der Waals surface area contributed by atoms with E-state index in [1.165, 1.54) is 6.07 Å². The second-order valence-electron chi connectivity index (χ2n) is 7.17. The van der Waals surface area contributed by atoms with Crippen LogP contribution >= 0.6 is 15.9 Å². The maximum Gasteiger partial charge on any atom is 0.305 e. The van der Waals surface area contributed by atoms with Gasteiger partial charge in [-0.15, -0.1) is 0 Å². The minimum Gasteiger partial charge on any atom is -0.486 e. The number of carbonyl (C=O) groups is 3. The normalized spacial score (nSPS) is 15.5. The molecule has 1 atom stereocenters. The fourth-order valence-corrected chi connectivity index (χ4v) is 3.82. The number of amides is 3. The molecule has 3 amide bonds. The first-order valence-electron chi connectivity index (χ1n) is 9.93. The molecule has 1 unspecified atom stereocenters. The first kappa shape index (κ1) is 21.6. The van der Waals surface area contributed by atoms with Crippen molar-refractivity contribution in [3.05, 3.63) is 82.7 Å². The fourth-order valence-electron chi connectivity index (χ4n) is 3.32. The van der Waals surface area contributed by atoms with Crippen molar-refractivity contribution in [3.63, 3.8) is 0 Å². The Morgan fingerprint density at radius 1 is 1.03 bits per heavy atom. The summed E-state index contributed by atoms with van der Waals surface area (Å²) in [6.45, 7) is 0.392. The van der Waals surface area contributed by atoms with Crippen molar-refractivity contribution < 1.29 is 23.5 Å². The quantitative estimate of drug-likeness (QED) is 0.508. The summed E-state index contributed by atoms with van der Waals surface area (Å²) in [5.41, 5.74) is 5.41. The number of halogens is 1. The lowest BCUT2D eigenvalue weighted by atomic mass is 10.1. The maximum absolute atomic E-state index is 12.5. The van der Waals surface area contributed by atoms with E-state index >= 15 is 0 Å². The van der Waals surface area contributed by atoms with Crippen molar-refractivity contribution in [1.29, 1.82) is 0 Å². The Hall–Kier alpha value is -3.59. The van der Waals surface area contributed by atoms with Crippen LogP contribution in [0.25, 0.3) is 0 Å². The number of rotatable bonds is 6. The van der Waals surface area contributed by atoms with E-state index in [2.05, 4.69) is 26.8 Å². The molecule has 164 valence electrons. The molecule has 3 aromatic rings. The maximum atomic E-state index is 12.5. The van der Waals surface area contributed by atoms with Crippen molar-refractivity contribution in [2.45, 2.75) is 13.0 Å². The minimum absolute atomic E-state index is 0.0364. The smallest absolute Gasteiger partial charge is 0.305 e. The fraction of sp³-hybridized carbons (Fsp3) is 0.174. The molecule has 1 aromatic heterocycles. The molecule has 0 radical (unpaired) electrons. The molecule has 8 nitrogen and oxygen atoms in total. The zero-order valence-electron chi connectivity index (χ0n) is 16.9. The largest absolute Gasteiger partial charge is 0.486 e. The van der Waals surface area contributed by atoms with Crippen LogP contribution in [0, 0.1) is 5.92 Å². The number of hydrazine groups is 1. The average Bonchev–Trinajstić information content (AvgIpc) is 3.44. The minimum atomic E-state index is -0.601. The summed E-state index contributed by atoms with van der Waals surface area (Å²) in [5.74, 6) is -0.592. The van der Waals surface area contributed by atoms with Gasteiger partial charge >= 0.3 is 5.91 Å². The van der Waals surface area contributed by atoms with Crippen LogP contribution in [-0.4, -0.2) is 24.3 Å². The van der Waals surface area contributed by atoms with E-state index in [-0.39, 0.29) is 31.2 Å². The van der Waals surface area contributed by atoms with E-state index in [4.69, 9.17) is 9.15 Å². The van der Waals surface area contributed by atoms with Crippen LogP contribution in [0.3, 0.4) is 0 Å². The average molecular weight is 498 g/mol. The number of para-hydroxylation sites is 2. The van der Waals surface area contributed by atoms with Gasteiger partial charge in [-0.3, -0.25) is 25.2 Å². The van der Waals surface area contributed by atoms with Crippen LogP contribution in [0.2, 0.25) is 0 Å². The first-order valence-corrected chi connectivity index (χ1v) is 10.7. The van der Waals surface area contributed by atoms with Gasteiger partial charge in [0, 0.05) is 17.4 Å². The van der Waals surface area contributed by atoms with Gasteiger partial charge in [0.1, 0.15) is 18.1 Å². The molecular weight excluding hydrogens is 478 g/mol. The van der Waals surface area contributed by atoms with Gasteiger partial charge in [-0.2, -0.15) is 0 Å². The van der Waals surface area contributed by atoms with Crippen molar-refractivity contribution in [2.75, 3.05) is 11.4 Å². The number of ether oxygens (including phenoxy) is 1. The topological polar surface area (TPSA) is 101 Å². The van der Waals surface area contributed by atoms with Crippen molar-refractivity contribution in [2.24, 2.45) is 5.92 Å². The molecule has 0 aliphatic carbocycles. The molecule has 1 aliphatic rings. The van der Waals surface area contributed by atoms with Crippen LogP contribution < -0.4 is 20.5 Å². The molecule has 0 spiro atoms. The van der Waals surface area contributed by atoms with E-state index in [0.29, 0.717) is 17.2 Å². The zero-order valence-corrected chi connectivity index (χ0v) is 18.5. The molecule has 1 fully saturated rings. The van der Waals surface area contributed by atoms with Crippen LogP contribution in [-0.2, 0) is 16.2 Å². The molecule has 0 saturated carbocycles. The predicted octanol–water partition coefficient (Wildman–Crippen LogP) is 3.44. The number of nitrogens with zero attached hydrogens (tertiary/aromatic N) is 1. The van der Waals surface area contributed by atoms with Gasteiger partial charge in [0.15, 0.2) is 5.76 Å². The summed E-state index contributed by atoms with van der Waals surface area (Å²) >= 11 is 3.42. The Labute approximate surface area is 192 Å². The first-order chi connectivity index (χ1) is 15.5. The number of carbonyl (C=O) groups excluding carboxylic acids is 3. The Morgan fingerprint density at radius 2 is 1.78 bits per heavy atom. The van der Waals surface area contributed by atoms with Crippen molar-refractivity contribution in [1.82, 2.24) is 10.9 Å². The van der Waals surface area contributed by atoms with E-state index in [0.717, 1.165) is 4.47 Å². The number of hydrogen-bond acceptors (Lipinski definition) is 5. The number of benzene rings is 2. The Bertz CT molecular complexity index is 1130. The van der Waals surface area contributed by atoms with Crippen molar-refractivity contribution >= 4 is 39.3 Å². The standard InChI is InChI=1S/C23H20BrN3O5/c24-18-8-4-5-9-19(18)27-13-15(12-21(27)28)22(29)25-26-23(30)20-11-10-17(32-20)14-31-16-6-2-1-3-7-16/h1-11,15H,12-14H2,(H,25,29)(H,26,30). The summed E-state index contributed by atoms with van der Waals surface area (Å²) in [7, 11) is 0. The summed E-state index contributed by atoms with van der Waals surface area (Å²) in [6.07, 6.45) is 0.0603. The highest BCUT2D eigenvalue weighted by molar-refractivity contribution is 9.10. The highest BCUT2D eigenvalue weighted by Gasteiger charge is 2.36. The lowest BCUT2D eigenvalue weighted by Crippen LogP contribution is -2.45. The molecule has 4 rings (SSSR count). The molecule has 1 saturated heterocycles. The Kier molecular flexibility index (Phi) is 6.55. The summed E-state index contributed by atoms with van der Waals surface area (Å²) in [4.78, 5) is 38.7. The third-order valence-electron chi connectivity index (χ3n) is 4.95. The zero-order chi connectivity index (χ0) is 22.5. The highest BCUT2D eigenvalue weighted by Crippen LogP contribution is 2.31. The summed E-state index contributed by atoms with van der Waals surface area (Å²) < 4.78 is 11.8. The van der Waals surface area contributed by atoms with Crippen LogP contribution in [0.15, 0.2) is 75.6 Å². The molecule has 0 bridgehead atoms. The van der Waals surface area contributed by atoms with Crippen LogP contribution in [0.5, 0.6) is 5.75 Å². The van der Waals surface area contributed by atoms with Gasteiger partial charge in [0.2, 0.25) is 11.8 Å². The Balaban J connectivity index is 1.28.